The number of rotatable bonds is 8. The maximum atomic E-state index is 14.2. The van der Waals surface area contributed by atoms with E-state index in [-0.39, 0.29) is 34.8 Å². The number of halogens is 3. The molecule has 7 nitrogen and oxygen atoms in total. The van der Waals surface area contributed by atoms with Crippen LogP contribution in [0.1, 0.15) is 38.8 Å². The highest BCUT2D eigenvalue weighted by molar-refractivity contribution is 6.74. The van der Waals surface area contributed by atoms with Gasteiger partial charge in [-0.15, -0.1) is 0 Å². The van der Waals surface area contributed by atoms with Crippen LogP contribution in [0.15, 0.2) is 53.6 Å². The van der Waals surface area contributed by atoms with Crippen molar-refractivity contribution in [2.75, 3.05) is 25.1 Å². The lowest BCUT2D eigenvalue weighted by molar-refractivity contribution is 0.0284. The lowest BCUT2D eigenvalue weighted by atomic mass is 10.1. The van der Waals surface area contributed by atoms with Gasteiger partial charge in [0.05, 0.1) is 36.0 Å². The van der Waals surface area contributed by atoms with Crippen LogP contribution >= 0.6 is 11.6 Å². The molecule has 3 atom stereocenters. The summed E-state index contributed by atoms with van der Waals surface area (Å²) in [6.07, 6.45) is 2.61. The minimum atomic E-state index is -2.15. The maximum absolute atomic E-state index is 14.2. The topological polar surface area (TPSA) is 78.3 Å². The second-order valence-corrected chi connectivity index (χ2v) is 16.5. The van der Waals surface area contributed by atoms with E-state index in [2.05, 4.69) is 49.1 Å². The van der Waals surface area contributed by atoms with Crippen LogP contribution in [-0.2, 0) is 9.16 Å². The summed E-state index contributed by atoms with van der Waals surface area (Å²) < 4.78 is 41.3. The number of hydrogen-bond donors (Lipinski definition) is 1. The first-order chi connectivity index (χ1) is 18.4. The van der Waals surface area contributed by atoms with Crippen molar-refractivity contribution in [1.82, 2.24) is 14.5 Å². The molecule has 210 valence electrons. The van der Waals surface area contributed by atoms with Gasteiger partial charge in [0.15, 0.2) is 8.32 Å². The third-order valence-electron chi connectivity index (χ3n) is 7.57. The number of nitrogens with zero attached hydrogens (tertiary/aromatic N) is 3. The van der Waals surface area contributed by atoms with Crippen LogP contribution in [0.25, 0.3) is 11.3 Å². The average molecular weight is 577 g/mol. The van der Waals surface area contributed by atoms with Crippen molar-refractivity contribution in [3.05, 3.63) is 75.5 Å². The monoisotopic (exact) mass is 576 g/mol. The maximum Gasteiger partial charge on any atom is 0.251 e. The van der Waals surface area contributed by atoms with E-state index >= 15 is 0 Å². The number of hydrogen-bond acceptors (Lipinski definition) is 6. The van der Waals surface area contributed by atoms with E-state index in [0.717, 1.165) is 0 Å². The number of nitrogens with one attached hydrogen (secondary N) is 1. The van der Waals surface area contributed by atoms with Crippen molar-refractivity contribution in [3.8, 4) is 11.3 Å². The fraction of sp³-hybridized carbons (Fsp3) is 0.464. The highest BCUT2D eigenvalue weighted by Gasteiger charge is 2.38. The van der Waals surface area contributed by atoms with Crippen LogP contribution in [0.5, 0.6) is 0 Å². The van der Waals surface area contributed by atoms with E-state index in [1.54, 1.807) is 35.2 Å². The molecule has 0 bridgehead atoms. The molecular formula is C28H35ClF2N4O3Si. The molecular weight excluding hydrogens is 542 g/mol. The zero-order valence-corrected chi connectivity index (χ0v) is 24.6. The predicted molar refractivity (Wildman–Crippen MR) is 152 cm³/mol. The Morgan fingerprint density at radius 2 is 2.03 bits per heavy atom. The molecule has 39 heavy (non-hydrogen) atoms. The van der Waals surface area contributed by atoms with E-state index in [1.165, 1.54) is 18.2 Å². The van der Waals surface area contributed by atoms with E-state index < -0.39 is 32.4 Å². The molecule has 0 radical (unpaired) electrons. The average Bonchev–Trinajstić information content (AvgIpc) is 2.88. The van der Waals surface area contributed by atoms with Gasteiger partial charge >= 0.3 is 0 Å². The minimum Gasteiger partial charge on any atom is -0.414 e. The third kappa shape index (κ3) is 6.92. The smallest absolute Gasteiger partial charge is 0.251 e. The lowest BCUT2D eigenvalue weighted by Crippen LogP contribution is -2.43. The molecule has 1 N–H and O–H groups in total. The Labute approximate surface area is 233 Å². The standard InChI is InChI=1S/C28H35ClF2N4O3Si/c1-28(2,3)39(4,5)38-17-25(19-6-7-21(30)20(29)14-19)35-12-9-18(15-26(35)36)23-8-11-32-27(33-23)34-24-10-13-37-16-22(24)31/h6-9,11-12,14-15,22,24-25H,10,13,16-17H2,1-5H3,(H,32,33,34)/t22-,24+,25-/m1/s1. The second kappa shape index (κ2) is 11.8. The summed E-state index contributed by atoms with van der Waals surface area (Å²) in [6.45, 7) is 11.4. The van der Waals surface area contributed by atoms with Crippen molar-refractivity contribution < 1.29 is 17.9 Å². The molecule has 1 aliphatic heterocycles. The van der Waals surface area contributed by atoms with Gasteiger partial charge in [0.25, 0.3) is 5.56 Å². The third-order valence-corrected chi connectivity index (χ3v) is 12.4. The van der Waals surface area contributed by atoms with Crippen molar-refractivity contribution in [3.63, 3.8) is 0 Å². The zero-order valence-electron chi connectivity index (χ0n) is 22.9. The Balaban J connectivity index is 1.63. The summed E-state index contributed by atoms with van der Waals surface area (Å²) >= 11 is 6.10. The molecule has 1 fully saturated rings. The summed E-state index contributed by atoms with van der Waals surface area (Å²) in [5, 5.41) is 3.00. The number of pyridine rings is 1. The van der Waals surface area contributed by atoms with Gasteiger partial charge in [-0.1, -0.05) is 38.4 Å². The Hall–Kier alpha value is -2.66. The fourth-order valence-electron chi connectivity index (χ4n) is 4.09. The summed E-state index contributed by atoms with van der Waals surface area (Å²) in [5.41, 5.74) is 1.50. The van der Waals surface area contributed by atoms with Crippen molar-refractivity contribution >= 4 is 25.9 Å². The number of benzene rings is 1. The van der Waals surface area contributed by atoms with Gasteiger partial charge in [-0.05, 0) is 54.4 Å². The fourth-order valence-corrected chi connectivity index (χ4v) is 5.28. The molecule has 0 saturated carbocycles. The molecule has 0 spiro atoms. The van der Waals surface area contributed by atoms with Crippen LogP contribution in [0.3, 0.4) is 0 Å². The number of ether oxygens (including phenoxy) is 1. The molecule has 2 aromatic heterocycles. The van der Waals surface area contributed by atoms with Crippen LogP contribution in [0.2, 0.25) is 23.2 Å². The molecule has 0 amide bonds. The molecule has 1 saturated heterocycles. The summed E-state index contributed by atoms with van der Waals surface area (Å²) in [7, 11) is -2.15. The first-order valence-electron chi connectivity index (χ1n) is 13.0. The van der Waals surface area contributed by atoms with E-state index in [4.69, 9.17) is 20.8 Å². The van der Waals surface area contributed by atoms with E-state index in [0.29, 0.717) is 29.8 Å². The summed E-state index contributed by atoms with van der Waals surface area (Å²) in [6, 6.07) is 8.47. The molecule has 4 rings (SSSR count). The Morgan fingerprint density at radius 3 is 2.69 bits per heavy atom. The molecule has 3 aromatic rings. The molecule has 3 heterocycles. The van der Waals surface area contributed by atoms with Gasteiger partial charge in [0.2, 0.25) is 5.95 Å². The van der Waals surface area contributed by atoms with Crippen LogP contribution in [-0.4, -0.2) is 54.9 Å². The first kappa shape index (κ1) is 29.3. The van der Waals surface area contributed by atoms with Gasteiger partial charge in [0, 0.05) is 30.6 Å². The van der Waals surface area contributed by atoms with Crippen molar-refractivity contribution in [1.29, 1.82) is 0 Å². The molecule has 1 aromatic carbocycles. The van der Waals surface area contributed by atoms with Crippen molar-refractivity contribution in [2.24, 2.45) is 0 Å². The van der Waals surface area contributed by atoms with Gasteiger partial charge in [0.1, 0.15) is 12.0 Å². The van der Waals surface area contributed by atoms with Crippen LogP contribution in [0, 0.1) is 5.82 Å². The SMILES string of the molecule is CC(C)(C)[Si](C)(C)OC[C@H](c1ccc(F)c(Cl)c1)n1ccc(-c2ccnc(N[C@H]3CCOC[C@H]3F)n2)cc1=O. The summed E-state index contributed by atoms with van der Waals surface area (Å²) in [5.74, 6) is -0.243. The van der Waals surface area contributed by atoms with Crippen molar-refractivity contribution in [2.45, 2.75) is 63.6 Å². The molecule has 1 aliphatic rings. The molecule has 0 aliphatic carbocycles. The molecule has 0 unspecified atom stereocenters. The lowest BCUT2D eigenvalue weighted by Gasteiger charge is -2.37. The highest BCUT2D eigenvalue weighted by Crippen LogP contribution is 2.37. The van der Waals surface area contributed by atoms with Gasteiger partial charge < -0.3 is 19.0 Å². The van der Waals surface area contributed by atoms with Crippen LogP contribution < -0.4 is 10.9 Å². The Bertz CT molecular complexity index is 1370. The Kier molecular flexibility index (Phi) is 8.90. The number of alkyl halides is 1. The quantitative estimate of drug-likeness (QED) is 0.319. The van der Waals surface area contributed by atoms with E-state index in [9.17, 15) is 13.6 Å². The highest BCUT2D eigenvalue weighted by atomic mass is 35.5. The number of aromatic nitrogens is 3. The Morgan fingerprint density at radius 1 is 1.26 bits per heavy atom. The van der Waals surface area contributed by atoms with Gasteiger partial charge in [-0.3, -0.25) is 4.79 Å². The zero-order chi connectivity index (χ0) is 28.4. The first-order valence-corrected chi connectivity index (χ1v) is 16.3. The predicted octanol–water partition coefficient (Wildman–Crippen LogP) is 6.25. The van der Waals surface area contributed by atoms with Gasteiger partial charge in [-0.25, -0.2) is 18.7 Å². The normalized spacial score (nSPS) is 19.1. The van der Waals surface area contributed by atoms with E-state index in [1.807, 2.05) is 0 Å². The van der Waals surface area contributed by atoms with Crippen LogP contribution in [0.4, 0.5) is 14.7 Å². The number of anilines is 1. The largest absolute Gasteiger partial charge is 0.414 e. The van der Waals surface area contributed by atoms with Gasteiger partial charge in [-0.2, -0.15) is 0 Å². The second-order valence-electron chi connectivity index (χ2n) is 11.3. The molecule has 11 heteroatoms. The summed E-state index contributed by atoms with van der Waals surface area (Å²) in [4.78, 5) is 22.2. The minimum absolute atomic E-state index is 0.0180.